The molecule has 0 aromatic heterocycles. The van der Waals surface area contributed by atoms with E-state index in [2.05, 4.69) is 10.1 Å². The molecule has 0 saturated carbocycles. The Morgan fingerprint density at radius 3 is 2.46 bits per heavy atom. The van der Waals surface area contributed by atoms with E-state index in [1.165, 1.54) is 18.2 Å². The van der Waals surface area contributed by atoms with Gasteiger partial charge in [0.1, 0.15) is 17.5 Å². The van der Waals surface area contributed by atoms with Crippen LogP contribution in [0.2, 0.25) is 0 Å². The van der Waals surface area contributed by atoms with Crippen LogP contribution in [0.4, 0.5) is 4.39 Å². The van der Waals surface area contributed by atoms with Gasteiger partial charge in [-0.25, -0.2) is 9.18 Å². The Kier molecular flexibility index (Phi) is 6.88. The van der Waals surface area contributed by atoms with Gasteiger partial charge in [-0.15, -0.1) is 0 Å². The van der Waals surface area contributed by atoms with E-state index in [9.17, 15) is 18.8 Å². The molecule has 0 heterocycles. The highest BCUT2D eigenvalue weighted by Crippen LogP contribution is 2.10. The summed E-state index contributed by atoms with van der Waals surface area (Å²) in [5.41, 5.74) is -0.253. The van der Waals surface area contributed by atoms with Gasteiger partial charge < -0.3 is 14.8 Å². The van der Waals surface area contributed by atoms with Crippen molar-refractivity contribution in [2.75, 3.05) is 7.11 Å². The van der Waals surface area contributed by atoms with E-state index in [0.717, 1.165) is 7.11 Å². The minimum Gasteiger partial charge on any atom is -0.467 e. The van der Waals surface area contributed by atoms with Gasteiger partial charge in [0, 0.05) is 0 Å². The van der Waals surface area contributed by atoms with Crippen molar-refractivity contribution in [3.05, 3.63) is 35.6 Å². The molecule has 132 valence electrons. The fourth-order valence-corrected chi connectivity index (χ4v) is 1.96. The summed E-state index contributed by atoms with van der Waals surface area (Å²) in [6.45, 7) is 5.09. The number of nitrogens with one attached hydrogen (secondary N) is 1. The molecule has 1 N–H and O–H groups in total. The van der Waals surface area contributed by atoms with Gasteiger partial charge in [-0.2, -0.15) is 0 Å². The lowest BCUT2D eigenvalue weighted by Crippen LogP contribution is -2.44. The molecule has 6 nitrogen and oxygen atoms in total. The quantitative estimate of drug-likeness (QED) is 0.799. The second kappa shape index (κ2) is 8.42. The van der Waals surface area contributed by atoms with Crippen LogP contribution in [0.25, 0.3) is 0 Å². The van der Waals surface area contributed by atoms with E-state index in [0.29, 0.717) is 5.56 Å². The molecule has 0 radical (unpaired) electrons. The molecule has 1 atom stereocenters. The Morgan fingerprint density at radius 2 is 1.92 bits per heavy atom. The van der Waals surface area contributed by atoms with Crippen LogP contribution in [0.1, 0.15) is 32.8 Å². The highest BCUT2D eigenvalue weighted by Gasteiger charge is 2.27. The molecule has 0 spiro atoms. The molecule has 0 bridgehead atoms. The summed E-state index contributed by atoms with van der Waals surface area (Å²) in [6.07, 6.45) is -0.474. The van der Waals surface area contributed by atoms with Gasteiger partial charge in [-0.3, -0.25) is 9.59 Å². The summed E-state index contributed by atoms with van der Waals surface area (Å²) in [4.78, 5) is 35.6. The Morgan fingerprint density at radius 1 is 1.25 bits per heavy atom. The number of carbonyl (C=O) groups excluding carboxylic acids is 3. The Hall–Kier alpha value is -2.44. The Labute approximate surface area is 140 Å². The Bertz CT molecular complexity index is 609. The van der Waals surface area contributed by atoms with Crippen LogP contribution < -0.4 is 5.32 Å². The normalized spacial score (nSPS) is 12.2. The summed E-state index contributed by atoms with van der Waals surface area (Å²) in [6, 6.07) is 4.40. The maximum absolute atomic E-state index is 13.1. The molecule has 0 saturated heterocycles. The molecule has 24 heavy (non-hydrogen) atoms. The van der Waals surface area contributed by atoms with E-state index >= 15 is 0 Å². The van der Waals surface area contributed by atoms with E-state index in [1.807, 2.05) is 0 Å². The van der Waals surface area contributed by atoms with Gasteiger partial charge in [-0.05, 0) is 38.5 Å². The van der Waals surface area contributed by atoms with E-state index in [-0.39, 0.29) is 12.8 Å². The van der Waals surface area contributed by atoms with E-state index < -0.39 is 35.3 Å². The van der Waals surface area contributed by atoms with Crippen LogP contribution >= 0.6 is 0 Å². The molecule has 1 amide bonds. The number of methoxy groups -OCH3 is 1. The molecule has 1 rings (SSSR count). The van der Waals surface area contributed by atoms with Crippen molar-refractivity contribution in [3.8, 4) is 0 Å². The molecular weight excluding hydrogens is 317 g/mol. The first-order valence-electron chi connectivity index (χ1n) is 7.44. The largest absolute Gasteiger partial charge is 0.467 e. The van der Waals surface area contributed by atoms with Crippen LogP contribution in [0.3, 0.4) is 0 Å². The highest BCUT2D eigenvalue weighted by molar-refractivity contribution is 5.88. The van der Waals surface area contributed by atoms with Crippen LogP contribution in [0.15, 0.2) is 24.3 Å². The molecule has 0 aliphatic rings. The zero-order valence-electron chi connectivity index (χ0n) is 14.2. The zero-order chi connectivity index (χ0) is 18.3. The number of benzene rings is 1. The fraction of sp³-hybridized carbons (Fsp3) is 0.471. The molecule has 1 aromatic rings. The number of hydrogen-bond donors (Lipinski definition) is 1. The van der Waals surface area contributed by atoms with Crippen LogP contribution in [-0.4, -0.2) is 36.6 Å². The lowest BCUT2D eigenvalue weighted by molar-refractivity contribution is -0.159. The van der Waals surface area contributed by atoms with Crippen molar-refractivity contribution < 1.29 is 28.2 Å². The predicted octanol–water partition coefficient (Wildman–Crippen LogP) is 1.76. The summed E-state index contributed by atoms with van der Waals surface area (Å²) in [7, 11) is 1.16. The van der Waals surface area contributed by atoms with Crippen molar-refractivity contribution in [1.82, 2.24) is 5.32 Å². The second-order valence-electron chi connectivity index (χ2n) is 6.24. The topological polar surface area (TPSA) is 81.7 Å². The van der Waals surface area contributed by atoms with Crippen molar-refractivity contribution in [2.45, 2.75) is 45.3 Å². The van der Waals surface area contributed by atoms with Crippen molar-refractivity contribution in [3.63, 3.8) is 0 Å². The SMILES string of the molecule is COC(=O)[C@H](CC(=O)OC(C)(C)C)NC(=O)Cc1cccc(F)c1. The minimum absolute atomic E-state index is 0.125. The summed E-state index contributed by atoms with van der Waals surface area (Å²) in [5, 5.41) is 2.42. The lowest BCUT2D eigenvalue weighted by Gasteiger charge is -2.22. The molecule has 0 fully saturated rings. The second-order valence-corrected chi connectivity index (χ2v) is 6.24. The first-order chi connectivity index (χ1) is 11.1. The third kappa shape index (κ3) is 7.21. The van der Waals surface area contributed by atoms with Gasteiger partial charge in [0.05, 0.1) is 20.0 Å². The van der Waals surface area contributed by atoms with Gasteiger partial charge in [0.2, 0.25) is 5.91 Å². The number of ether oxygens (including phenoxy) is 2. The van der Waals surface area contributed by atoms with Crippen molar-refractivity contribution in [1.29, 1.82) is 0 Å². The number of esters is 2. The molecule has 0 unspecified atom stereocenters. The number of hydrogen-bond acceptors (Lipinski definition) is 5. The Balaban J connectivity index is 2.70. The number of carbonyl (C=O) groups is 3. The van der Waals surface area contributed by atoms with Crippen LogP contribution in [-0.2, 0) is 30.3 Å². The average molecular weight is 339 g/mol. The third-order valence-electron chi connectivity index (χ3n) is 2.87. The average Bonchev–Trinajstić information content (AvgIpc) is 2.43. The maximum Gasteiger partial charge on any atom is 0.328 e. The summed E-state index contributed by atoms with van der Waals surface area (Å²) >= 11 is 0. The summed E-state index contributed by atoms with van der Waals surface area (Å²) in [5.74, 6) is -2.38. The first-order valence-corrected chi connectivity index (χ1v) is 7.44. The van der Waals surface area contributed by atoms with Crippen LogP contribution in [0, 0.1) is 5.82 Å². The number of rotatable bonds is 6. The van der Waals surface area contributed by atoms with Crippen molar-refractivity contribution in [2.24, 2.45) is 0 Å². The molecular formula is C17H22FNO5. The number of halogens is 1. The molecule has 7 heteroatoms. The first kappa shape index (κ1) is 19.6. The molecule has 0 aliphatic heterocycles. The smallest absolute Gasteiger partial charge is 0.328 e. The maximum atomic E-state index is 13.1. The van der Waals surface area contributed by atoms with Gasteiger partial charge in [0.15, 0.2) is 0 Å². The van der Waals surface area contributed by atoms with Gasteiger partial charge in [0.25, 0.3) is 0 Å². The van der Waals surface area contributed by atoms with E-state index in [4.69, 9.17) is 4.74 Å². The molecule has 1 aromatic carbocycles. The van der Waals surface area contributed by atoms with Gasteiger partial charge >= 0.3 is 11.9 Å². The monoisotopic (exact) mass is 339 g/mol. The third-order valence-corrected chi connectivity index (χ3v) is 2.87. The van der Waals surface area contributed by atoms with E-state index in [1.54, 1.807) is 26.8 Å². The standard InChI is InChI=1S/C17H22FNO5/c1-17(2,3)24-15(21)10-13(16(22)23-4)19-14(20)9-11-6-5-7-12(18)8-11/h5-8,13H,9-10H2,1-4H3,(H,19,20)/t13-/m0/s1. The lowest BCUT2D eigenvalue weighted by atomic mass is 10.1. The number of amides is 1. The van der Waals surface area contributed by atoms with Crippen molar-refractivity contribution >= 4 is 17.8 Å². The fourth-order valence-electron chi connectivity index (χ4n) is 1.96. The predicted molar refractivity (Wildman–Crippen MR) is 84.5 cm³/mol. The van der Waals surface area contributed by atoms with Crippen LogP contribution in [0.5, 0.6) is 0 Å². The zero-order valence-corrected chi connectivity index (χ0v) is 14.2. The minimum atomic E-state index is -1.16. The molecule has 0 aliphatic carbocycles. The van der Waals surface area contributed by atoms with Gasteiger partial charge in [-0.1, -0.05) is 12.1 Å². The summed E-state index contributed by atoms with van der Waals surface area (Å²) < 4.78 is 22.8. The highest BCUT2D eigenvalue weighted by atomic mass is 19.1.